The normalized spacial score (nSPS) is 21.7. The van der Waals surface area contributed by atoms with Gasteiger partial charge in [0, 0.05) is 36.2 Å². The van der Waals surface area contributed by atoms with E-state index in [4.69, 9.17) is 11.6 Å². The van der Waals surface area contributed by atoms with Crippen LogP contribution in [0.1, 0.15) is 36.3 Å². The number of nitrogens with zero attached hydrogens (tertiary/aromatic N) is 2. The summed E-state index contributed by atoms with van der Waals surface area (Å²) in [6.45, 7) is 1.52. The van der Waals surface area contributed by atoms with Crippen molar-refractivity contribution in [2.45, 2.75) is 30.6 Å². The van der Waals surface area contributed by atoms with Gasteiger partial charge in [0.15, 0.2) is 12.4 Å². The first-order chi connectivity index (χ1) is 11.6. The number of likely N-dealkylation sites (tertiary alicyclic amines) is 1. The SMILES string of the molecule is O=C(N1CCC(c2cc[n+]([O-])cc2)C1)C1(c2ccc(Cl)cc2)CC1. The summed E-state index contributed by atoms with van der Waals surface area (Å²) >= 11 is 5.97. The number of hydrogen-bond donors (Lipinski definition) is 0. The highest BCUT2D eigenvalue weighted by molar-refractivity contribution is 6.30. The van der Waals surface area contributed by atoms with Crippen molar-refractivity contribution in [3.05, 3.63) is 70.1 Å². The summed E-state index contributed by atoms with van der Waals surface area (Å²) in [5.74, 6) is 0.554. The van der Waals surface area contributed by atoms with E-state index in [1.165, 1.54) is 12.4 Å². The van der Waals surface area contributed by atoms with Crippen molar-refractivity contribution in [3.63, 3.8) is 0 Å². The molecule has 1 unspecified atom stereocenters. The molecule has 1 amide bonds. The molecule has 4 nitrogen and oxygen atoms in total. The van der Waals surface area contributed by atoms with Gasteiger partial charge in [-0.15, -0.1) is 0 Å². The monoisotopic (exact) mass is 342 g/mol. The fourth-order valence-electron chi connectivity index (χ4n) is 3.74. The number of carbonyl (C=O) groups excluding carboxylic acids is 1. The molecule has 4 rings (SSSR count). The molecular formula is C19H19ClN2O2. The van der Waals surface area contributed by atoms with E-state index in [0.717, 1.165) is 48.2 Å². The Morgan fingerprint density at radius 3 is 2.46 bits per heavy atom. The molecule has 1 saturated heterocycles. The topological polar surface area (TPSA) is 47.2 Å². The summed E-state index contributed by atoms with van der Waals surface area (Å²) in [5.41, 5.74) is 1.87. The molecule has 2 aromatic rings. The Morgan fingerprint density at radius 1 is 1.17 bits per heavy atom. The van der Waals surface area contributed by atoms with E-state index in [1.54, 1.807) is 0 Å². The zero-order chi connectivity index (χ0) is 16.7. The molecule has 1 atom stereocenters. The molecular weight excluding hydrogens is 324 g/mol. The Kier molecular flexibility index (Phi) is 3.72. The molecule has 2 aliphatic rings. The van der Waals surface area contributed by atoms with Gasteiger partial charge in [0.2, 0.25) is 5.91 Å². The number of aromatic nitrogens is 1. The summed E-state index contributed by atoms with van der Waals surface area (Å²) in [7, 11) is 0. The molecule has 1 aromatic carbocycles. The summed E-state index contributed by atoms with van der Waals surface area (Å²) in [6, 6.07) is 11.4. The third kappa shape index (κ3) is 2.65. The summed E-state index contributed by atoms with van der Waals surface area (Å²) in [4.78, 5) is 15.1. The summed E-state index contributed by atoms with van der Waals surface area (Å²) < 4.78 is 0.793. The highest BCUT2D eigenvalue weighted by atomic mass is 35.5. The Hall–Kier alpha value is -2.07. The van der Waals surface area contributed by atoms with Crippen LogP contribution >= 0.6 is 11.6 Å². The lowest BCUT2D eigenvalue weighted by Gasteiger charge is -2.24. The molecule has 2 heterocycles. The lowest BCUT2D eigenvalue weighted by atomic mass is 9.94. The van der Waals surface area contributed by atoms with Crippen LogP contribution in [-0.2, 0) is 10.2 Å². The van der Waals surface area contributed by atoms with Gasteiger partial charge in [-0.1, -0.05) is 23.7 Å². The molecule has 0 spiro atoms. The smallest absolute Gasteiger partial charge is 0.233 e. The van der Waals surface area contributed by atoms with Crippen LogP contribution in [0.4, 0.5) is 0 Å². The number of benzene rings is 1. The van der Waals surface area contributed by atoms with Crippen molar-refractivity contribution in [1.82, 2.24) is 4.90 Å². The highest BCUT2D eigenvalue weighted by Crippen LogP contribution is 2.50. The van der Waals surface area contributed by atoms with E-state index < -0.39 is 0 Å². The van der Waals surface area contributed by atoms with E-state index in [-0.39, 0.29) is 11.3 Å². The average molecular weight is 343 g/mol. The quantitative estimate of drug-likeness (QED) is 0.636. The minimum absolute atomic E-state index is 0.238. The Balaban J connectivity index is 1.49. The lowest BCUT2D eigenvalue weighted by Crippen LogP contribution is -2.37. The van der Waals surface area contributed by atoms with Crippen molar-refractivity contribution in [3.8, 4) is 0 Å². The lowest BCUT2D eigenvalue weighted by molar-refractivity contribution is -0.605. The van der Waals surface area contributed by atoms with Gasteiger partial charge in [-0.3, -0.25) is 4.79 Å². The number of halogens is 1. The molecule has 0 N–H and O–H groups in total. The van der Waals surface area contributed by atoms with Crippen molar-refractivity contribution in [1.29, 1.82) is 0 Å². The fraction of sp³-hybridized carbons (Fsp3) is 0.368. The first kappa shape index (κ1) is 15.5. The zero-order valence-corrected chi connectivity index (χ0v) is 14.1. The maximum atomic E-state index is 13.1. The van der Waals surface area contributed by atoms with Crippen molar-refractivity contribution < 1.29 is 9.52 Å². The van der Waals surface area contributed by atoms with Crippen LogP contribution < -0.4 is 4.73 Å². The van der Waals surface area contributed by atoms with Gasteiger partial charge >= 0.3 is 0 Å². The second-order valence-electron chi connectivity index (χ2n) is 6.82. The van der Waals surface area contributed by atoms with Crippen LogP contribution in [0, 0.1) is 5.21 Å². The number of carbonyl (C=O) groups is 1. The standard InChI is InChI=1S/C19H19ClN2O2/c20-17-3-1-16(2-4-17)19(8-9-19)18(23)21-10-5-15(13-21)14-6-11-22(24)12-7-14/h1-4,6-7,11-12,15H,5,8-10,13H2. The third-order valence-corrected chi connectivity index (χ3v) is 5.58. The van der Waals surface area contributed by atoms with Crippen LogP contribution in [0.25, 0.3) is 0 Å². The Morgan fingerprint density at radius 2 is 1.83 bits per heavy atom. The maximum absolute atomic E-state index is 13.1. The van der Waals surface area contributed by atoms with Gasteiger partial charge in [-0.2, -0.15) is 4.73 Å². The molecule has 5 heteroatoms. The largest absolute Gasteiger partial charge is 0.619 e. The minimum atomic E-state index is -0.339. The van der Waals surface area contributed by atoms with Gasteiger partial charge in [0.05, 0.1) is 5.41 Å². The van der Waals surface area contributed by atoms with Crippen LogP contribution in [0.2, 0.25) is 5.02 Å². The van der Waals surface area contributed by atoms with Crippen molar-refractivity contribution >= 4 is 17.5 Å². The van der Waals surface area contributed by atoms with Crippen molar-refractivity contribution in [2.24, 2.45) is 0 Å². The molecule has 124 valence electrons. The fourth-order valence-corrected chi connectivity index (χ4v) is 3.86. The van der Waals surface area contributed by atoms with Crippen LogP contribution in [0.15, 0.2) is 48.8 Å². The highest BCUT2D eigenvalue weighted by Gasteiger charge is 2.53. The zero-order valence-electron chi connectivity index (χ0n) is 13.3. The second kappa shape index (κ2) is 5.78. The number of rotatable bonds is 3. The second-order valence-corrected chi connectivity index (χ2v) is 7.25. The van der Waals surface area contributed by atoms with Crippen LogP contribution in [0.3, 0.4) is 0 Å². The molecule has 0 bridgehead atoms. The number of pyridine rings is 1. The van der Waals surface area contributed by atoms with E-state index in [9.17, 15) is 10.0 Å². The predicted molar refractivity (Wildman–Crippen MR) is 91.7 cm³/mol. The van der Waals surface area contributed by atoms with Gasteiger partial charge in [0.1, 0.15) is 0 Å². The van der Waals surface area contributed by atoms with Gasteiger partial charge in [0.25, 0.3) is 0 Å². The molecule has 0 radical (unpaired) electrons. The Labute approximate surface area is 146 Å². The van der Waals surface area contributed by atoms with E-state index in [1.807, 2.05) is 41.3 Å². The molecule has 1 aliphatic carbocycles. The van der Waals surface area contributed by atoms with Gasteiger partial charge in [-0.25, -0.2) is 0 Å². The molecule has 1 aromatic heterocycles. The number of amides is 1. The van der Waals surface area contributed by atoms with Crippen molar-refractivity contribution in [2.75, 3.05) is 13.1 Å². The van der Waals surface area contributed by atoms with E-state index in [0.29, 0.717) is 10.9 Å². The molecule has 24 heavy (non-hydrogen) atoms. The predicted octanol–water partition coefficient (Wildman–Crippen LogP) is 3.02. The van der Waals surface area contributed by atoms with Crippen LogP contribution in [-0.4, -0.2) is 23.9 Å². The Bertz CT molecular complexity index is 754. The molecule has 1 aliphatic heterocycles. The molecule has 1 saturated carbocycles. The minimum Gasteiger partial charge on any atom is -0.619 e. The number of hydrogen-bond acceptors (Lipinski definition) is 2. The van der Waals surface area contributed by atoms with E-state index >= 15 is 0 Å². The van der Waals surface area contributed by atoms with Gasteiger partial charge in [-0.05, 0) is 42.5 Å². The average Bonchev–Trinajstić information content (AvgIpc) is 3.25. The third-order valence-electron chi connectivity index (χ3n) is 5.33. The van der Waals surface area contributed by atoms with Gasteiger partial charge < -0.3 is 10.1 Å². The maximum Gasteiger partial charge on any atom is 0.233 e. The summed E-state index contributed by atoms with van der Waals surface area (Å²) in [5, 5.41) is 11.9. The van der Waals surface area contributed by atoms with E-state index in [2.05, 4.69) is 0 Å². The summed E-state index contributed by atoms with van der Waals surface area (Å²) in [6.07, 6.45) is 5.82. The first-order valence-electron chi connectivity index (χ1n) is 8.33. The first-order valence-corrected chi connectivity index (χ1v) is 8.70. The van der Waals surface area contributed by atoms with Crippen LogP contribution in [0.5, 0.6) is 0 Å². The molecule has 2 fully saturated rings.